The number of benzene rings is 1. The number of rotatable bonds is 3. The van der Waals surface area contributed by atoms with Gasteiger partial charge in [0.25, 0.3) is 5.69 Å². The molecule has 9 nitrogen and oxygen atoms in total. The summed E-state index contributed by atoms with van der Waals surface area (Å²) in [5.41, 5.74) is 4.63. The fourth-order valence-electron chi connectivity index (χ4n) is 4.12. The average Bonchev–Trinajstić information content (AvgIpc) is 2.67. The number of hydrogen-bond donors (Lipinski definition) is 2. The molecule has 3 N–H and O–H groups in total. The van der Waals surface area contributed by atoms with Crippen molar-refractivity contribution >= 4 is 11.7 Å². The number of nitro benzene ring substituents is 1. The highest BCUT2D eigenvalue weighted by Gasteiger charge is 2.55. The fourth-order valence-corrected chi connectivity index (χ4v) is 4.12. The number of carboxylic acids is 1. The summed E-state index contributed by atoms with van der Waals surface area (Å²) in [6.07, 6.45) is 1.75. The summed E-state index contributed by atoms with van der Waals surface area (Å²) in [4.78, 5) is 24.3. The zero-order valence-corrected chi connectivity index (χ0v) is 15.0. The molecule has 3 rings (SSSR count). The Labute approximate surface area is 160 Å². The maximum absolute atomic E-state index is 11.9. The molecule has 0 bridgehead atoms. The first kappa shape index (κ1) is 19.1. The summed E-state index contributed by atoms with van der Waals surface area (Å²) in [6, 6.07) is 9.50. The van der Waals surface area contributed by atoms with Crippen LogP contribution in [0.3, 0.4) is 0 Å². The molecular weight excluding hydrogens is 362 g/mol. The first-order valence-electron chi connectivity index (χ1n) is 8.46. The molecule has 0 saturated heterocycles. The molecule has 0 aromatic heterocycles. The molecule has 0 amide bonds. The highest BCUT2D eigenvalue weighted by Crippen LogP contribution is 2.54. The number of fused-ring (bicyclic) bond motifs is 1. The molecule has 1 aliphatic heterocycles. The van der Waals surface area contributed by atoms with E-state index in [2.05, 4.69) is 0 Å². The number of carbonyl (C=O) groups is 1. The lowest BCUT2D eigenvalue weighted by Gasteiger charge is -2.45. The van der Waals surface area contributed by atoms with E-state index in [4.69, 9.17) is 5.73 Å². The molecule has 1 heterocycles. The predicted octanol–water partition coefficient (Wildman–Crippen LogP) is 1.51. The summed E-state index contributed by atoms with van der Waals surface area (Å²) in [5.74, 6) is -2.52. The third kappa shape index (κ3) is 2.70. The van der Waals surface area contributed by atoms with Gasteiger partial charge in [0.15, 0.2) is 5.41 Å². The largest absolute Gasteiger partial charge is 0.478 e. The van der Waals surface area contributed by atoms with Crippen molar-refractivity contribution < 1.29 is 14.8 Å². The molecule has 0 unspecified atom stereocenters. The smallest absolute Gasteiger partial charge is 0.337 e. The van der Waals surface area contributed by atoms with Crippen LogP contribution in [0.15, 0.2) is 47.2 Å². The highest BCUT2D eigenvalue weighted by atomic mass is 16.6. The number of nitro groups is 1. The number of non-ortho nitro benzene ring substituents is 1. The van der Waals surface area contributed by atoms with Gasteiger partial charge < -0.3 is 15.7 Å². The van der Waals surface area contributed by atoms with Crippen LogP contribution < -0.4 is 5.73 Å². The molecule has 1 aromatic rings. The third-order valence-electron chi connectivity index (χ3n) is 5.41. The number of nitrogens with zero attached hydrogens (tertiary/aromatic N) is 4. The van der Waals surface area contributed by atoms with Crippen LogP contribution in [0.25, 0.3) is 0 Å². The van der Waals surface area contributed by atoms with Gasteiger partial charge in [0.2, 0.25) is 0 Å². The van der Waals surface area contributed by atoms with Crippen LogP contribution in [0, 0.1) is 44.1 Å². The summed E-state index contributed by atoms with van der Waals surface area (Å²) in [5, 5.41) is 40.5. The molecule has 142 valence electrons. The molecule has 9 heteroatoms. The van der Waals surface area contributed by atoms with Crippen LogP contribution in [0.1, 0.15) is 11.5 Å². The van der Waals surface area contributed by atoms with E-state index >= 15 is 0 Å². The van der Waals surface area contributed by atoms with Gasteiger partial charge in [-0.3, -0.25) is 10.1 Å². The topological polar surface area (TPSA) is 157 Å². The molecule has 1 aromatic carbocycles. The van der Waals surface area contributed by atoms with Crippen LogP contribution in [0.5, 0.6) is 0 Å². The summed E-state index contributed by atoms with van der Waals surface area (Å²) in [6.45, 7) is 0.928. The minimum atomic E-state index is -1.90. The van der Waals surface area contributed by atoms with E-state index < -0.39 is 28.1 Å². The fraction of sp³-hybridized carbons (Fsp3) is 0.316. The number of aliphatic carboxylic acids is 1. The van der Waals surface area contributed by atoms with Gasteiger partial charge in [-0.05, 0) is 18.2 Å². The van der Waals surface area contributed by atoms with E-state index in [-0.39, 0.29) is 17.0 Å². The van der Waals surface area contributed by atoms with E-state index in [1.165, 1.54) is 24.3 Å². The van der Waals surface area contributed by atoms with E-state index in [0.29, 0.717) is 24.2 Å². The van der Waals surface area contributed by atoms with Gasteiger partial charge in [-0.1, -0.05) is 18.2 Å². The Balaban J connectivity index is 2.30. The van der Waals surface area contributed by atoms with E-state index in [0.717, 1.165) is 0 Å². The number of nitrogens with two attached hydrogens (primary N) is 1. The van der Waals surface area contributed by atoms with Crippen molar-refractivity contribution in [2.24, 2.45) is 17.1 Å². The SMILES string of the molecule is CN1CC=C2C(C(=O)O)=C(N)C(C#N)(C#N)[C@@H](c3ccc([N+](=O)[O-])cc3)[C@H]2C1. The standard InChI is InChI=1S/C19H17N5O4/c1-23-7-6-13-14(8-23)16(11-2-4-12(5-3-11)24(27)28)19(9-20,10-21)17(22)15(13)18(25)26/h2-6,14,16H,7-8,22H2,1H3,(H,25,26)/t14-,16-/m0/s1. The summed E-state index contributed by atoms with van der Waals surface area (Å²) in [7, 11) is 1.85. The van der Waals surface area contributed by atoms with Crippen molar-refractivity contribution in [3.05, 3.63) is 62.9 Å². The summed E-state index contributed by atoms with van der Waals surface area (Å²) >= 11 is 0. The van der Waals surface area contributed by atoms with Crippen molar-refractivity contribution in [1.82, 2.24) is 4.90 Å². The number of likely N-dealkylation sites (N-methyl/N-ethyl adjacent to an activating group) is 1. The van der Waals surface area contributed by atoms with Crippen LogP contribution in [0.4, 0.5) is 5.69 Å². The maximum atomic E-state index is 11.9. The summed E-state index contributed by atoms with van der Waals surface area (Å²) < 4.78 is 0. The second kappa shape index (κ2) is 6.80. The molecule has 0 radical (unpaired) electrons. The first-order valence-corrected chi connectivity index (χ1v) is 8.46. The zero-order valence-electron chi connectivity index (χ0n) is 15.0. The van der Waals surface area contributed by atoms with Gasteiger partial charge in [-0.2, -0.15) is 10.5 Å². The van der Waals surface area contributed by atoms with Gasteiger partial charge in [0.1, 0.15) is 0 Å². The lowest BCUT2D eigenvalue weighted by Crippen LogP contribution is -2.48. The van der Waals surface area contributed by atoms with Crippen molar-refractivity contribution in [2.75, 3.05) is 20.1 Å². The number of carboxylic acid groups (broad SMARTS) is 1. The van der Waals surface area contributed by atoms with Gasteiger partial charge in [-0.25, -0.2) is 4.79 Å². The minimum Gasteiger partial charge on any atom is -0.478 e. The Morgan fingerprint density at radius 1 is 1.36 bits per heavy atom. The minimum absolute atomic E-state index is 0.120. The lowest BCUT2D eigenvalue weighted by atomic mass is 9.58. The molecule has 1 aliphatic carbocycles. The Morgan fingerprint density at radius 3 is 2.46 bits per heavy atom. The van der Waals surface area contributed by atoms with Crippen LogP contribution in [0.2, 0.25) is 0 Å². The lowest BCUT2D eigenvalue weighted by molar-refractivity contribution is -0.384. The van der Waals surface area contributed by atoms with Crippen LogP contribution >= 0.6 is 0 Å². The maximum Gasteiger partial charge on any atom is 0.337 e. The Morgan fingerprint density at radius 2 is 1.96 bits per heavy atom. The molecule has 0 fully saturated rings. The van der Waals surface area contributed by atoms with E-state index in [1.54, 1.807) is 6.08 Å². The molecule has 28 heavy (non-hydrogen) atoms. The molecular formula is C19H17N5O4. The van der Waals surface area contributed by atoms with Crippen molar-refractivity contribution in [3.63, 3.8) is 0 Å². The van der Waals surface area contributed by atoms with Gasteiger partial charge in [-0.15, -0.1) is 0 Å². The second-order valence-corrected chi connectivity index (χ2v) is 6.94. The Hall–Kier alpha value is -3.69. The second-order valence-electron chi connectivity index (χ2n) is 6.94. The molecule has 0 saturated carbocycles. The first-order chi connectivity index (χ1) is 13.3. The van der Waals surface area contributed by atoms with E-state index in [9.17, 15) is 30.5 Å². The van der Waals surface area contributed by atoms with Crippen molar-refractivity contribution in [1.29, 1.82) is 10.5 Å². The monoisotopic (exact) mass is 379 g/mol. The normalized spacial score (nSPS) is 23.8. The average molecular weight is 379 g/mol. The number of allylic oxidation sites excluding steroid dienone is 1. The van der Waals surface area contributed by atoms with E-state index in [1.807, 2.05) is 24.1 Å². The Kier molecular flexibility index (Phi) is 4.63. The zero-order chi connectivity index (χ0) is 20.6. The predicted molar refractivity (Wildman–Crippen MR) is 97.4 cm³/mol. The quantitative estimate of drug-likeness (QED) is 0.591. The van der Waals surface area contributed by atoms with Crippen LogP contribution in [-0.2, 0) is 4.79 Å². The van der Waals surface area contributed by atoms with Crippen molar-refractivity contribution in [3.8, 4) is 12.1 Å². The van der Waals surface area contributed by atoms with Crippen molar-refractivity contribution in [2.45, 2.75) is 5.92 Å². The third-order valence-corrected chi connectivity index (χ3v) is 5.41. The number of nitriles is 2. The van der Waals surface area contributed by atoms with Crippen LogP contribution in [-0.4, -0.2) is 41.0 Å². The molecule has 2 atom stereocenters. The number of hydrogen-bond acceptors (Lipinski definition) is 7. The van der Waals surface area contributed by atoms with Gasteiger partial charge in [0.05, 0.1) is 28.3 Å². The molecule has 0 spiro atoms. The Bertz CT molecular complexity index is 983. The van der Waals surface area contributed by atoms with Gasteiger partial charge in [0, 0.05) is 37.1 Å². The van der Waals surface area contributed by atoms with Gasteiger partial charge >= 0.3 is 5.97 Å². The molecule has 2 aliphatic rings. The highest BCUT2D eigenvalue weighted by molar-refractivity contribution is 5.94.